The lowest BCUT2D eigenvalue weighted by Crippen LogP contribution is -2.36. The lowest BCUT2D eigenvalue weighted by Gasteiger charge is -2.29. The van der Waals surface area contributed by atoms with E-state index in [0.29, 0.717) is 11.3 Å². The molecule has 2 aromatic carbocycles. The number of carbonyl (C=O) groups excluding carboxylic acids is 1. The molecule has 29 heavy (non-hydrogen) atoms. The molecule has 0 bridgehead atoms. The zero-order valence-corrected chi connectivity index (χ0v) is 17.3. The summed E-state index contributed by atoms with van der Waals surface area (Å²) in [6.07, 6.45) is 5.41. The highest BCUT2D eigenvalue weighted by Gasteiger charge is 2.25. The maximum absolute atomic E-state index is 13.3. The quantitative estimate of drug-likeness (QED) is 0.811. The van der Waals surface area contributed by atoms with Crippen molar-refractivity contribution in [3.63, 3.8) is 0 Å². The second kappa shape index (κ2) is 8.45. The molecule has 0 atom stereocenters. The van der Waals surface area contributed by atoms with Crippen molar-refractivity contribution in [2.24, 2.45) is 0 Å². The molecule has 0 radical (unpaired) electrons. The molecule has 154 valence electrons. The van der Waals surface area contributed by atoms with Crippen LogP contribution in [0.15, 0.2) is 53.4 Å². The number of amides is 1. The van der Waals surface area contributed by atoms with Gasteiger partial charge in [0.1, 0.15) is 0 Å². The molecule has 2 aliphatic heterocycles. The van der Waals surface area contributed by atoms with Crippen molar-refractivity contribution in [3.8, 4) is 0 Å². The van der Waals surface area contributed by atoms with Gasteiger partial charge in [-0.05, 0) is 62.4 Å². The number of hydrogen-bond donors (Lipinski definition) is 1. The standard InChI is InChI=1S/C22H27N3O3S/c26-22(25-15-5-2-6-16-25)20-17-18(11-12-21(20)24-13-7-8-14-24)23-29(27,28)19-9-3-1-4-10-19/h1,3-4,9-12,17,23H,2,5-8,13-16H2. The largest absolute Gasteiger partial charge is 0.371 e. The number of sulfonamides is 1. The first kappa shape index (κ1) is 19.8. The molecule has 1 amide bonds. The number of hydrogen-bond acceptors (Lipinski definition) is 4. The number of benzene rings is 2. The van der Waals surface area contributed by atoms with E-state index in [4.69, 9.17) is 0 Å². The van der Waals surface area contributed by atoms with Crippen LogP contribution in [-0.2, 0) is 10.0 Å². The van der Waals surface area contributed by atoms with Crippen LogP contribution in [0.4, 0.5) is 11.4 Å². The van der Waals surface area contributed by atoms with Gasteiger partial charge in [-0.15, -0.1) is 0 Å². The van der Waals surface area contributed by atoms with Crippen molar-refractivity contribution in [1.82, 2.24) is 4.90 Å². The first-order valence-corrected chi connectivity index (χ1v) is 11.8. The summed E-state index contributed by atoms with van der Waals surface area (Å²) < 4.78 is 28.1. The Kier molecular flexibility index (Phi) is 5.76. The van der Waals surface area contributed by atoms with Crippen LogP contribution in [-0.4, -0.2) is 45.4 Å². The van der Waals surface area contributed by atoms with Gasteiger partial charge in [0.15, 0.2) is 0 Å². The Morgan fingerprint density at radius 1 is 0.828 bits per heavy atom. The number of carbonyl (C=O) groups is 1. The summed E-state index contributed by atoms with van der Waals surface area (Å²) in [4.78, 5) is 17.6. The molecule has 7 heteroatoms. The number of rotatable bonds is 5. The lowest BCUT2D eigenvalue weighted by atomic mass is 10.1. The van der Waals surface area contributed by atoms with Crippen LogP contribution in [0.25, 0.3) is 0 Å². The molecule has 2 heterocycles. The molecule has 0 aliphatic carbocycles. The van der Waals surface area contributed by atoms with Crippen molar-refractivity contribution in [2.75, 3.05) is 35.8 Å². The van der Waals surface area contributed by atoms with E-state index >= 15 is 0 Å². The van der Waals surface area contributed by atoms with Gasteiger partial charge in [0.2, 0.25) is 0 Å². The molecule has 1 N–H and O–H groups in total. The monoisotopic (exact) mass is 413 g/mol. The molecule has 0 unspecified atom stereocenters. The van der Waals surface area contributed by atoms with E-state index in [2.05, 4.69) is 9.62 Å². The second-order valence-electron chi connectivity index (χ2n) is 7.70. The first-order chi connectivity index (χ1) is 14.0. The number of likely N-dealkylation sites (tertiary alicyclic amines) is 1. The normalized spacial score (nSPS) is 17.4. The van der Waals surface area contributed by atoms with Crippen LogP contribution < -0.4 is 9.62 Å². The van der Waals surface area contributed by atoms with E-state index in [1.54, 1.807) is 42.5 Å². The van der Waals surface area contributed by atoms with Gasteiger partial charge in [0, 0.05) is 37.6 Å². The van der Waals surface area contributed by atoms with Crippen molar-refractivity contribution >= 4 is 27.3 Å². The third-order valence-electron chi connectivity index (χ3n) is 5.62. The fraction of sp³-hybridized carbons (Fsp3) is 0.409. The van der Waals surface area contributed by atoms with Gasteiger partial charge in [0.05, 0.1) is 10.5 Å². The van der Waals surface area contributed by atoms with Crippen molar-refractivity contribution < 1.29 is 13.2 Å². The van der Waals surface area contributed by atoms with E-state index in [-0.39, 0.29) is 10.8 Å². The van der Waals surface area contributed by atoms with Gasteiger partial charge < -0.3 is 9.80 Å². The van der Waals surface area contributed by atoms with Gasteiger partial charge in [0.25, 0.3) is 15.9 Å². The Morgan fingerprint density at radius 2 is 1.48 bits per heavy atom. The Bertz CT molecular complexity index is 964. The van der Waals surface area contributed by atoms with Gasteiger partial charge in [-0.1, -0.05) is 18.2 Å². The minimum absolute atomic E-state index is 0.00707. The first-order valence-electron chi connectivity index (χ1n) is 10.3. The van der Waals surface area contributed by atoms with Crippen LogP contribution in [0.2, 0.25) is 0 Å². The number of nitrogens with zero attached hydrogens (tertiary/aromatic N) is 2. The molecule has 2 saturated heterocycles. The van der Waals surface area contributed by atoms with Crippen LogP contribution in [0.5, 0.6) is 0 Å². The summed E-state index contributed by atoms with van der Waals surface area (Å²) in [6, 6.07) is 13.6. The highest BCUT2D eigenvalue weighted by Crippen LogP contribution is 2.30. The van der Waals surface area contributed by atoms with E-state index in [1.165, 1.54) is 0 Å². The van der Waals surface area contributed by atoms with Gasteiger partial charge in [-0.25, -0.2) is 8.42 Å². The fourth-order valence-electron chi connectivity index (χ4n) is 4.09. The Hall–Kier alpha value is -2.54. The number of nitrogens with one attached hydrogen (secondary N) is 1. The summed E-state index contributed by atoms with van der Waals surface area (Å²) >= 11 is 0. The molecule has 0 saturated carbocycles. The Labute approximate surface area is 172 Å². The van der Waals surface area contributed by atoms with Gasteiger partial charge >= 0.3 is 0 Å². The SMILES string of the molecule is O=C(c1cc(NS(=O)(=O)c2ccccc2)ccc1N1CCCC1)N1CCCCC1. The maximum atomic E-state index is 13.3. The average Bonchev–Trinajstić information content (AvgIpc) is 3.29. The van der Waals surface area contributed by atoms with Gasteiger partial charge in [-0.2, -0.15) is 0 Å². The summed E-state index contributed by atoms with van der Waals surface area (Å²) in [6.45, 7) is 3.38. The highest BCUT2D eigenvalue weighted by atomic mass is 32.2. The third-order valence-corrected chi connectivity index (χ3v) is 7.02. The molecule has 2 aromatic rings. The zero-order valence-electron chi connectivity index (χ0n) is 16.5. The molecular weight excluding hydrogens is 386 g/mol. The topological polar surface area (TPSA) is 69.7 Å². The molecule has 0 spiro atoms. The van der Waals surface area contributed by atoms with E-state index in [9.17, 15) is 13.2 Å². The van der Waals surface area contributed by atoms with E-state index in [1.807, 2.05) is 11.0 Å². The highest BCUT2D eigenvalue weighted by molar-refractivity contribution is 7.92. The Morgan fingerprint density at radius 3 is 2.17 bits per heavy atom. The van der Waals surface area contributed by atoms with E-state index < -0.39 is 10.0 Å². The fourth-order valence-corrected chi connectivity index (χ4v) is 5.16. The van der Waals surface area contributed by atoms with Gasteiger partial charge in [-0.3, -0.25) is 9.52 Å². The predicted octanol–water partition coefficient (Wildman–Crippen LogP) is 3.71. The summed E-state index contributed by atoms with van der Waals surface area (Å²) in [5.41, 5.74) is 1.90. The van der Waals surface area contributed by atoms with Crippen molar-refractivity contribution in [3.05, 3.63) is 54.1 Å². The van der Waals surface area contributed by atoms with Crippen LogP contribution in [0.3, 0.4) is 0 Å². The van der Waals surface area contributed by atoms with Crippen LogP contribution in [0, 0.1) is 0 Å². The predicted molar refractivity (Wildman–Crippen MR) is 115 cm³/mol. The summed E-state index contributed by atoms with van der Waals surface area (Å²) in [7, 11) is -3.70. The lowest BCUT2D eigenvalue weighted by molar-refractivity contribution is 0.0725. The molecule has 0 aromatic heterocycles. The minimum atomic E-state index is -3.70. The molecular formula is C22H27N3O3S. The molecule has 2 fully saturated rings. The summed E-state index contributed by atoms with van der Waals surface area (Å²) in [5, 5.41) is 0. The molecule has 4 rings (SSSR count). The molecule has 6 nitrogen and oxygen atoms in total. The number of anilines is 2. The van der Waals surface area contributed by atoms with Crippen LogP contribution >= 0.6 is 0 Å². The third kappa shape index (κ3) is 4.40. The Balaban J connectivity index is 1.66. The minimum Gasteiger partial charge on any atom is -0.371 e. The number of piperidine rings is 1. The molecule has 2 aliphatic rings. The average molecular weight is 414 g/mol. The maximum Gasteiger partial charge on any atom is 0.261 e. The van der Waals surface area contributed by atoms with E-state index in [0.717, 1.165) is 64.0 Å². The van der Waals surface area contributed by atoms with Crippen LogP contribution in [0.1, 0.15) is 42.5 Å². The summed E-state index contributed by atoms with van der Waals surface area (Å²) in [5.74, 6) is -0.00707. The van der Waals surface area contributed by atoms with Crippen molar-refractivity contribution in [1.29, 1.82) is 0 Å². The zero-order chi connectivity index (χ0) is 20.3. The van der Waals surface area contributed by atoms with Crippen molar-refractivity contribution in [2.45, 2.75) is 37.0 Å². The second-order valence-corrected chi connectivity index (χ2v) is 9.38. The smallest absolute Gasteiger partial charge is 0.261 e.